The number of nitrogens with one attached hydrogen (secondary N) is 1. The number of benzene rings is 3. The second-order valence-corrected chi connectivity index (χ2v) is 7.55. The lowest BCUT2D eigenvalue weighted by Crippen LogP contribution is -2.43. The molecule has 1 aromatic heterocycles. The van der Waals surface area contributed by atoms with Crippen LogP contribution in [0.3, 0.4) is 0 Å². The third-order valence-corrected chi connectivity index (χ3v) is 5.28. The Kier molecular flexibility index (Phi) is 6.95. The number of fused-ring (bicyclic) bond motifs is 1. The standard InChI is InChI=1S/C27H24N2O4/c1-32-27(31)24(29-26(30)23-11-5-9-21-10-6-16-28-25(21)23)17-19-12-14-22(15-13-19)33-18-20-7-3-2-4-8-20/h2-16,24H,17-18H2,1H3,(H,29,30)/t24-/m0/s1. The van der Waals surface area contributed by atoms with Gasteiger partial charge in [-0.25, -0.2) is 4.79 Å². The molecule has 1 heterocycles. The molecule has 4 aromatic rings. The minimum Gasteiger partial charge on any atom is -0.489 e. The van der Waals surface area contributed by atoms with Crippen molar-refractivity contribution in [1.29, 1.82) is 0 Å². The number of para-hydroxylation sites is 1. The normalized spacial score (nSPS) is 11.5. The van der Waals surface area contributed by atoms with E-state index in [1.165, 1.54) is 7.11 Å². The Hall–Kier alpha value is -4.19. The molecule has 1 atom stereocenters. The van der Waals surface area contributed by atoms with Crippen LogP contribution in [0.15, 0.2) is 91.1 Å². The molecule has 6 heteroatoms. The summed E-state index contributed by atoms with van der Waals surface area (Å²) in [5.74, 6) is -0.165. The SMILES string of the molecule is COC(=O)[C@H](Cc1ccc(OCc2ccccc2)cc1)NC(=O)c1cccc2cccnc12. The fourth-order valence-electron chi connectivity index (χ4n) is 3.56. The fraction of sp³-hybridized carbons (Fsp3) is 0.148. The molecule has 0 saturated heterocycles. The van der Waals surface area contributed by atoms with Gasteiger partial charge in [-0.2, -0.15) is 0 Å². The highest BCUT2D eigenvalue weighted by molar-refractivity contribution is 6.06. The van der Waals surface area contributed by atoms with Crippen LogP contribution in [0.25, 0.3) is 10.9 Å². The first-order chi connectivity index (χ1) is 16.1. The summed E-state index contributed by atoms with van der Waals surface area (Å²) in [6, 6.07) is 25.6. The number of rotatable bonds is 8. The molecule has 0 saturated carbocycles. The Labute approximate surface area is 192 Å². The van der Waals surface area contributed by atoms with Gasteiger partial charge in [-0.3, -0.25) is 9.78 Å². The summed E-state index contributed by atoms with van der Waals surface area (Å²) in [6.07, 6.45) is 1.92. The number of esters is 1. The number of hydrogen-bond donors (Lipinski definition) is 1. The summed E-state index contributed by atoms with van der Waals surface area (Å²) in [4.78, 5) is 29.7. The van der Waals surface area contributed by atoms with Gasteiger partial charge >= 0.3 is 5.97 Å². The molecule has 3 aromatic carbocycles. The van der Waals surface area contributed by atoms with Gasteiger partial charge in [-0.1, -0.05) is 60.7 Å². The Bertz CT molecular complexity index is 1230. The summed E-state index contributed by atoms with van der Waals surface area (Å²) >= 11 is 0. The van der Waals surface area contributed by atoms with E-state index in [2.05, 4.69) is 10.3 Å². The van der Waals surface area contributed by atoms with Crippen LogP contribution in [0.4, 0.5) is 0 Å². The second kappa shape index (κ2) is 10.4. The van der Waals surface area contributed by atoms with Crippen LogP contribution in [-0.2, 0) is 22.6 Å². The Morgan fingerprint density at radius 3 is 2.39 bits per heavy atom. The predicted molar refractivity (Wildman–Crippen MR) is 126 cm³/mol. The number of hydrogen-bond acceptors (Lipinski definition) is 5. The van der Waals surface area contributed by atoms with Crippen molar-refractivity contribution in [3.63, 3.8) is 0 Å². The maximum atomic E-state index is 13.0. The van der Waals surface area contributed by atoms with Crippen molar-refractivity contribution in [2.75, 3.05) is 7.11 Å². The van der Waals surface area contributed by atoms with E-state index in [0.717, 1.165) is 22.3 Å². The summed E-state index contributed by atoms with van der Waals surface area (Å²) in [6.45, 7) is 0.472. The van der Waals surface area contributed by atoms with Crippen molar-refractivity contribution in [3.8, 4) is 5.75 Å². The number of amides is 1. The first kappa shape index (κ1) is 22.0. The third-order valence-electron chi connectivity index (χ3n) is 5.28. The van der Waals surface area contributed by atoms with E-state index < -0.39 is 12.0 Å². The molecule has 1 N–H and O–H groups in total. The summed E-state index contributed by atoms with van der Waals surface area (Å²) in [7, 11) is 1.31. The first-order valence-electron chi connectivity index (χ1n) is 10.6. The van der Waals surface area contributed by atoms with Crippen molar-refractivity contribution in [3.05, 3.63) is 108 Å². The van der Waals surface area contributed by atoms with Crippen LogP contribution in [-0.4, -0.2) is 30.0 Å². The zero-order valence-electron chi connectivity index (χ0n) is 18.2. The summed E-state index contributed by atoms with van der Waals surface area (Å²) in [5.41, 5.74) is 2.94. The highest BCUT2D eigenvalue weighted by Gasteiger charge is 2.23. The number of carbonyl (C=O) groups is 2. The van der Waals surface area contributed by atoms with Gasteiger partial charge in [-0.05, 0) is 35.4 Å². The minimum atomic E-state index is -0.836. The quantitative estimate of drug-likeness (QED) is 0.413. The van der Waals surface area contributed by atoms with Crippen LogP contribution in [0.2, 0.25) is 0 Å². The molecule has 33 heavy (non-hydrogen) atoms. The zero-order chi connectivity index (χ0) is 23.0. The van der Waals surface area contributed by atoms with Gasteiger partial charge in [0.15, 0.2) is 0 Å². The molecule has 0 spiro atoms. The topological polar surface area (TPSA) is 77.5 Å². The van der Waals surface area contributed by atoms with E-state index in [4.69, 9.17) is 9.47 Å². The maximum Gasteiger partial charge on any atom is 0.328 e. The number of ether oxygens (including phenoxy) is 2. The van der Waals surface area contributed by atoms with E-state index >= 15 is 0 Å². The zero-order valence-corrected chi connectivity index (χ0v) is 18.2. The van der Waals surface area contributed by atoms with Gasteiger partial charge in [0.25, 0.3) is 5.91 Å². The smallest absolute Gasteiger partial charge is 0.328 e. The van der Waals surface area contributed by atoms with Gasteiger partial charge in [0.1, 0.15) is 18.4 Å². The predicted octanol–water partition coefficient (Wildman–Crippen LogP) is 4.33. The average Bonchev–Trinajstić information content (AvgIpc) is 2.87. The van der Waals surface area contributed by atoms with Gasteiger partial charge in [0.05, 0.1) is 18.2 Å². The third kappa shape index (κ3) is 5.54. The van der Waals surface area contributed by atoms with Crippen molar-refractivity contribution >= 4 is 22.8 Å². The first-order valence-corrected chi connectivity index (χ1v) is 10.6. The lowest BCUT2D eigenvalue weighted by molar-refractivity contribution is -0.142. The fourth-order valence-corrected chi connectivity index (χ4v) is 3.56. The van der Waals surface area contributed by atoms with Crippen molar-refractivity contribution in [1.82, 2.24) is 10.3 Å². The van der Waals surface area contributed by atoms with Crippen LogP contribution >= 0.6 is 0 Å². The lowest BCUT2D eigenvalue weighted by Gasteiger charge is -2.17. The molecule has 166 valence electrons. The van der Waals surface area contributed by atoms with E-state index in [1.807, 2.05) is 72.8 Å². The van der Waals surface area contributed by atoms with Crippen molar-refractivity contribution in [2.45, 2.75) is 19.1 Å². The monoisotopic (exact) mass is 440 g/mol. The average molecular weight is 440 g/mol. The van der Waals surface area contributed by atoms with Gasteiger partial charge in [0, 0.05) is 18.0 Å². The molecule has 4 rings (SSSR count). The number of carbonyl (C=O) groups excluding carboxylic acids is 2. The molecule has 0 fully saturated rings. The summed E-state index contributed by atoms with van der Waals surface area (Å²) < 4.78 is 10.7. The van der Waals surface area contributed by atoms with Crippen LogP contribution < -0.4 is 10.1 Å². The van der Waals surface area contributed by atoms with E-state index in [9.17, 15) is 9.59 Å². The molecule has 0 radical (unpaired) electrons. The van der Waals surface area contributed by atoms with E-state index in [1.54, 1.807) is 18.3 Å². The molecular formula is C27H24N2O4. The Morgan fingerprint density at radius 2 is 1.64 bits per heavy atom. The van der Waals surface area contributed by atoms with Crippen molar-refractivity contribution < 1.29 is 19.1 Å². The highest BCUT2D eigenvalue weighted by Crippen LogP contribution is 2.18. The molecule has 1 amide bonds. The van der Waals surface area contributed by atoms with E-state index in [-0.39, 0.29) is 12.3 Å². The van der Waals surface area contributed by atoms with Gasteiger partial charge < -0.3 is 14.8 Å². The minimum absolute atomic E-state index is 0.287. The molecule has 0 unspecified atom stereocenters. The summed E-state index contributed by atoms with van der Waals surface area (Å²) in [5, 5.41) is 3.65. The molecule has 0 aliphatic rings. The number of pyridine rings is 1. The largest absolute Gasteiger partial charge is 0.489 e. The molecule has 0 aliphatic heterocycles. The Morgan fingerprint density at radius 1 is 0.879 bits per heavy atom. The molecule has 0 aliphatic carbocycles. The molecule has 0 bridgehead atoms. The van der Waals surface area contributed by atoms with E-state index in [0.29, 0.717) is 17.7 Å². The second-order valence-electron chi connectivity index (χ2n) is 7.55. The number of aromatic nitrogens is 1. The van der Waals surface area contributed by atoms with Crippen LogP contribution in [0.1, 0.15) is 21.5 Å². The van der Waals surface area contributed by atoms with Crippen LogP contribution in [0, 0.1) is 0 Å². The van der Waals surface area contributed by atoms with Gasteiger partial charge in [-0.15, -0.1) is 0 Å². The maximum absolute atomic E-state index is 13.0. The lowest BCUT2D eigenvalue weighted by atomic mass is 10.0. The van der Waals surface area contributed by atoms with Crippen LogP contribution in [0.5, 0.6) is 5.75 Å². The number of methoxy groups -OCH3 is 1. The molecule has 6 nitrogen and oxygen atoms in total. The highest BCUT2D eigenvalue weighted by atomic mass is 16.5. The number of nitrogens with zero attached hydrogens (tertiary/aromatic N) is 1. The van der Waals surface area contributed by atoms with Crippen molar-refractivity contribution in [2.24, 2.45) is 0 Å². The Balaban J connectivity index is 1.44. The molecular weight excluding hydrogens is 416 g/mol. The van der Waals surface area contributed by atoms with Gasteiger partial charge in [0.2, 0.25) is 0 Å².